The van der Waals surface area contributed by atoms with Gasteiger partial charge in [-0.1, -0.05) is 15.9 Å². The van der Waals surface area contributed by atoms with Gasteiger partial charge in [-0.3, -0.25) is 4.90 Å². The van der Waals surface area contributed by atoms with Crippen molar-refractivity contribution in [2.75, 3.05) is 13.7 Å². The molecule has 1 rings (SSSR count). The van der Waals surface area contributed by atoms with Crippen LogP contribution < -0.4 is 4.74 Å². The topological polar surface area (TPSA) is 36.3 Å². The van der Waals surface area contributed by atoms with Crippen molar-refractivity contribution in [3.63, 3.8) is 0 Å². The molecule has 17 heavy (non-hydrogen) atoms. The molecule has 0 amide bonds. The molecule has 0 N–H and O–H groups in total. The van der Waals surface area contributed by atoms with Crippen LogP contribution in [0.1, 0.15) is 19.4 Å². The molecule has 0 spiro atoms. The minimum atomic E-state index is 0.332. The van der Waals surface area contributed by atoms with Crippen molar-refractivity contribution in [1.29, 1.82) is 5.26 Å². The number of hydrogen-bond acceptors (Lipinski definition) is 3. The van der Waals surface area contributed by atoms with Crippen molar-refractivity contribution in [1.82, 2.24) is 4.90 Å². The lowest BCUT2D eigenvalue weighted by Gasteiger charge is -2.24. The maximum Gasteiger partial charge on any atom is 0.123 e. The van der Waals surface area contributed by atoms with Crippen LogP contribution in [0.5, 0.6) is 5.75 Å². The first-order valence-electron chi connectivity index (χ1n) is 5.52. The number of hydrogen-bond donors (Lipinski definition) is 0. The van der Waals surface area contributed by atoms with Gasteiger partial charge in [0.15, 0.2) is 0 Å². The van der Waals surface area contributed by atoms with Gasteiger partial charge in [0.2, 0.25) is 0 Å². The third-order valence-electron chi connectivity index (χ3n) is 2.62. The molecule has 0 saturated heterocycles. The Morgan fingerprint density at radius 1 is 1.47 bits per heavy atom. The lowest BCUT2D eigenvalue weighted by molar-refractivity contribution is 0.236. The first-order chi connectivity index (χ1) is 8.08. The van der Waals surface area contributed by atoms with Gasteiger partial charge in [-0.2, -0.15) is 5.26 Å². The molecule has 0 aromatic heterocycles. The quantitative estimate of drug-likeness (QED) is 0.783. The summed E-state index contributed by atoms with van der Waals surface area (Å²) in [5.41, 5.74) is 1.09. The van der Waals surface area contributed by atoms with E-state index in [9.17, 15) is 0 Å². The number of nitrogens with zero attached hydrogens (tertiary/aromatic N) is 2. The van der Waals surface area contributed by atoms with Gasteiger partial charge in [-0.05, 0) is 32.0 Å². The molecule has 3 nitrogen and oxygen atoms in total. The van der Waals surface area contributed by atoms with Gasteiger partial charge >= 0.3 is 0 Å². The molecule has 1 aromatic rings. The Balaban J connectivity index is 2.92. The van der Waals surface area contributed by atoms with Crippen molar-refractivity contribution in [3.05, 3.63) is 28.2 Å². The minimum absolute atomic E-state index is 0.332. The van der Waals surface area contributed by atoms with E-state index in [2.05, 4.69) is 40.7 Å². The molecule has 0 saturated carbocycles. The van der Waals surface area contributed by atoms with Crippen LogP contribution in [0, 0.1) is 11.3 Å². The molecular weight excluding hydrogens is 280 g/mol. The number of rotatable bonds is 5. The summed E-state index contributed by atoms with van der Waals surface area (Å²) in [5, 5.41) is 8.81. The van der Waals surface area contributed by atoms with E-state index in [1.165, 1.54) is 0 Å². The van der Waals surface area contributed by atoms with Gasteiger partial charge in [0.1, 0.15) is 5.75 Å². The highest BCUT2D eigenvalue weighted by Crippen LogP contribution is 2.24. The second kappa shape index (κ2) is 6.63. The Hall–Kier alpha value is -1.05. The molecular formula is C13H17BrN2O. The number of ether oxygens (including phenoxy) is 1. The highest BCUT2D eigenvalue weighted by Gasteiger charge is 2.12. The van der Waals surface area contributed by atoms with Crippen molar-refractivity contribution in [3.8, 4) is 11.8 Å². The summed E-state index contributed by atoms with van der Waals surface area (Å²) >= 11 is 3.45. The van der Waals surface area contributed by atoms with E-state index in [-0.39, 0.29) is 0 Å². The van der Waals surface area contributed by atoms with Gasteiger partial charge in [0.25, 0.3) is 0 Å². The first-order valence-corrected chi connectivity index (χ1v) is 6.31. The van der Waals surface area contributed by atoms with Crippen LogP contribution in [-0.2, 0) is 6.54 Å². The van der Waals surface area contributed by atoms with Crippen LogP contribution in [0.25, 0.3) is 0 Å². The summed E-state index contributed by atoms with van der Waals surface area (Å²) in [5.74, 6) is 0.858. The fourth-order valence-electron chi connectivity index (χ4n) is 1.60. The number of halogens is 1. The Bertz CT molecular complexity index is 412. The molecule has 0 fully saturated rings. The fraction of sp³-hybridized carbons (Fsp3) is 0.462. The standard InChI is InChI=1S/C13H17BrN2O/c1-10(2)16(7-6-15)9-11-8-12(14)4-5-13(11)17-3/h4-5,8,10H,7,9H2,1-3H3. The average molecular weight is 297 g/mol. The summed E-state index contributed by atoms with van der Waals surface area (Å²) in [6, 6.07) is 8.45. The average Bonchev–Trinajstić information content (AvgIpc) is 2.28. The van der Waals surface area contributed by atoms with Crippen molar-refractivity contribution < 1.29 is 4.74 Å². The van der Waals surface area contributed by atoms with E-state index in [1.54, 1.807) is 7.11 Å². The van der Waals surface area contributed by atoms with E-state index in [4.69, 9.17) is 10.00 Å². The van der Waals surface area contributed by atoms with Crippen LogP contribution in [0.15, 0.2) is 22.7 Å². The molecule has 1 aromatic carbocycles. The third kappa shape index (κ3) is 4.03. The van der Waals surface area contributed by atoms with Gasteiger partial charge < -0.3 is 4.74 Å². The summed E-state index contributed by atoms with van der Waals surface area (Å²) in [4.78, 5) is 2.10. The van der Waals surface area contributed by atoms with Crippen molar-refractivity contribution >= 4 is 15.9 Å². The Kier molecular flexibility index (Phi) is 5.46. The van der Waals surface area contributed by atoms with Gasteiger partial charge in [-0.25, -0.2) is 0 Å². The summed E-state index contributed by atoms with van der Waals surface area (Å²) in [6.45, 7) is 5.31. The Labute approximate surface area is 111 Å². The van der Waals surface area contributed by atoms with Crippen LogP contribution in [0.3, 0.4) is 0 Å². The predicted molar refractivity (Wildman–Crippen MR) is 71.9 cm³/mol. The largest absolute Gasteiger partial charge is 0.496 e. The van der Waals surface area contributed by atoms with E-state index < -0.39 is 0 Å². The van der Waals surface area contributed by atoms with E-state index in [0.717, 1.165) is 15.8 Å². The van der Waals surface area contributed by atoms with Crippen LogP contribution in [0.2, 0.25) is 0 Å². The fourth-order valence-corrected chi connectivity index (χ4v) is 2.01. The molecule has 4 heteroatoms. The number of methoxy groups -OCH3 is 1. The molecule has 0 bridgehead atoms. The predicted octanol–water partition coefficient (Wildman–Crippen LogP) is 3.19. The first kappa shape index (κ1) is 14.0. The maximum atomic E-state index is 8.81. The monoisotopic (exact) mass is 296 g/mol. The van der Waals surface area contributed by atoms with Crippen LogP contribution >= 0.6 is 15.9 Å². The van der Waals surface area contributed by atoms with E-state index >= 15 is 0 Å². The molecule has 0 heterocycles. The molecule has 92 valence electrons. The van der Waals surface area contributed by atoms with Crippen molar-refractivity contribution in [2.24, 2.45) is 0 Å². The molecule has 0 atom stereocenters. The molecule has 0 aliphatic heterocycles. The lowest BCUT2D eigenvalue weighted by atomic mass is 10.1. The Morgan fingerprint density at radius 2 is 2.18 bits per heavy atom. The van der Waals surface area contributed by atoms with E-state index in [1.807, 2.05) is 18.2 Å². The highest BCUT2D eigenvalue weighted by atomic mass is 79.9. The van der Waals surface area contributed by atoms with Gasteiger partial charge in [0.05, 0.1) is 19.7 Å². The third-order valence-corrected chi connectivity index (χ3v) is 3.11. The SMILES string of the molecule is COc1ccc(Br)cc1CN(CC#N)C(C)C. The van der Waals surface area contributed by atoms with E-state index in [0.29, 0.717) is 19.1 Å². The zero-order valence-corrected chi connectivity index (χ0v) is 12.0. The smallest absolute Gasteiger partial charge is 0.123 e. The van der Waals surface area contributed by atoms with Crippen molar-refractivity contribution in [2.45, 2.75) is 26.4 Å². The summed E-state index contributed by atoms with van der Waals surface area (Å²) in [7, 11) is 1.66. The highest BCUT2D eigenvalue weighted by molar-refractivity contribution is 9.10. The minimum Gasteiger partial charge on any atom is -0.496 e. The molecule has 0 aliphatic carbocycles. The number of nitriles is 1. The number of benzene rings is 1. The molecule has 0 unspecified atom stereocenters. The van der Waals surface area contributed by atoms with Crippen LogP contribution in [-0.4, -0.2) is 24.6 Å². The normalized spacial score (nSPS) is 10.6. The zero-order valence-electron chi connectivity index (χ0n) is 10.4. The molecule has 0 radical (unpaired) electrons. The van der Waals surface area contributed by atoms with Gasteiger partial charge in [0, 0.05) is 22.6 Å². The summed E-state index contributed by atoms with van der Waals surface area (Å²) < 4.78 is 6.35. The second-order valence-electron chi connectivity index (χ2n) is 4.11. The summed E-state index contributed by atoms with van der Waals surface area (Å²) in [6.07, 6.45) is 0. The Morgan fingerprint density at radius 3 is 2.71 bits per heavy atom. The lowest BCUT2D eigenvalue weighted by Crippen LogP contribution is -2.30. The molecule has 0 aliphatic rings. The second-order valence-corrected chi connectivity index (χ2v) is 5.03. The van der Waals surface area contributed by atoms with Crippen LogP contribution in [0.4, 0.5) is 0 Å². The zero-order chi connectivity index (χ0) is 12.8. The maximum absolute atomic E-state index is 8.81. The van der Waals surface area contributed by atoms with Gasteiger partial charge in [-0.15, -0.1) is 0 Å².